The van der Waals surface area contributed by atoms with Gasteiger partial charge in [-0.25, -0.2) is 8.78 Å². The Hall–Kier alpha value is -1.45. The summed E-state index contributed by atoms with van der Waals surface area (Å²) in [5.41, 5.74) is 0.646. The first-order valence-corrected chi connectivity index (χ1v) is 5.33. The van der Waals surface area contributed by atoms with E-state index in [0.717, 1.165) is 6.07 Å². The van der Waals surface area contributed by atoms with Gasteiger partial charge >= 0.3 is 0 Å². The lowest BCUT2D eigenvalue weighted by Gasteiger charge is -2.12. The van der Waals surface area contributed by atoms with Crippen LogP contribution in [-0.4, -0.2) is 5.11 Å². The second-order valence-electron chi connectivity index (χ2n) is 3.66. The molecule has 0 heterocycles. The lowest BCUT2D eigenvalue weighted by Crippen LogP contribution is -2.00. The van der Waals surface area contributed by atoms with E-state index in [0.29, 0.717) is 11.1 Å². The van der Waals surface area contributed by atoms with E-state index in [9.17, 15) is 13.9 Å². The number of aliphatic hydroxyl groups is 1. The Bertz CT molecular complexity index is 522. The average Bonchev–Trinajstić information content (AvgIpc) is 2.26. The van der Waals surface area contributed by atoms with Crippen molar-refractivity contribution in [3.63, 3.8) is 0 Å². The highest BCUT2D eigenvalue weighted by Gasteiger charge is 2.12. The van der Waals surface area contributed by atoms with Crippen LogP contribution in [0.1, 0.15) is 17.2 Å². The molecule has 0 saturated carbocycles. The molecule has 0 saturated heterocycles. The Kier molecular flexibility index (Phi) is 3.41. The van der Waals surface area contributed by atoms with Crippen molar-refractivity contribution in [1.82, 2.24) is 0 Å². The Morgan fingerprint density at radius 2 is 1.65 bits per heavy atom. The fourth-order valence-electron chi connectivity index (χ4n) is 1.60. The second-order valence-corrected chi connectivity index (χ2v) is 4.10. The van der Waals surface area contributed by atoms with Crippen LogP contribution >= 0.6 is 11.6 Å². The molecule has 1 nitrogen and oxygen atoms in total. The molecule has 0 bridgehead atoms. The highest BCUT2D eigenvalue weighted by atomic mass is 35.5. The van der Waals surface area contributed by atoms with Crippen molar-refractivity contribution in [2.75, 3.05) is 0 Å². The maximum atomic E-state index is 13.1. The molecule has 4 heteroatoms. The second kappa shape index (κ2) is 4.82. The molecule has 2 rings (SSSR count). The predicted octanol–water partition coefficient (Wildman–Crippen LogP) is 3.70. The smallest absolute Gasteiger partial charge is 0.125 e. The van der Waals surface area contributed by atoms with Gasteiger partial charge in [-0.2, -0.15) is 0 Å². The number of benzene rings is 2. The van der Waals surface area contributed by atoms with E-state index in [1.807, 2.05) is 0 Å². The van der Waals surface area contributed by atoms with Crippen LogP contribution in [0.5, 0.6) is 0 Å². The molecule has 88 valence electrons. The molecule has 2 aromatic rings. The van der Waals surface area contributed by atoms with Gasteiger partial charge in [0.1, 0.15) is 17.7 Å². The minimum atomic E-state index is -1.10. The fourth-order valence-corrected chi connectivity index (χ4v) is 1.83. The molecular weight excluding hydrogens is 246 g/mol. The van der Waals surface area contributed by atoms with Gasteiger partial charge in [-0.15, -0.1) is 0 Å². The van der Waals surface area contributed by atoms with Crippen LogP contribution in [0.15, 0.2) is 42.5 Å². The molecule has 0 radical (unpaired) electrons. The Balaban J connectivity index is 2.39. The zero-order chi connectivity index (χ0) is 12.4. The van der Waals surface area contributed by atoms with Gasteiger partial charge in [-0.3, -0.25) is 0 Å². The maximum Gasteiger partial charge on any atom is 0.125 e. The molecule has 0 aromatic heterocycles. The molecule has 0 unspecified atom stereocenters. The highest BCUT2D eigenvalue weighted by molar-refractivity contribution is 6.30. The third kappa shape index (κ3) is 2.81. The molecule has 0 spiro atoms. The van der Waals surface area contributed by atoms with E-state index in [4.69, 9.17) is 11.6 Å². The molecule has 1 atom stereocenters. The van der Waals surface area contributed by atoms with Crippen LogP contribution in [0, 0.1) is 11.6 Å². The van der Waals surface area contributed by atoms with Crippen molar-refractivity contribution in [2.24, 2.45) is 0 Å². The summed E-state index contributed by atoms with van der Waals surface area (Å²) >= 11 is 5.69. The van der Waals surface area contributed by atoms with E-state index in [2.05, 4.69) is 0 Å². The SMILES string of the molecule is O[C@H](c1cccc(F)c1)c1cc(F)cc(Cl)c1. The van der Waals surface area contributed by atoms with Crippen LogP contribution in [-0.2, 0) is 0 Å². The third-order valence-electron chi connectivity index (χ3n) is 2.37. The number of halogens is 3. The zero-order valence-corrected chi connectivity index (χ0v) is 9.46. The number of aliphatic hydroxyl groups excluding tert-OH is 1. The summed E-state index contributed by atoms with van der Waals surface area (Å²) < 4.78 is 26.1. The summed E-state index contributed by atoms with van der Waals surface area (Å²) in [5.74, 6) is -0.994. The lowest BCUT2D eigenvalue weighted by atomic mass is 10.0. The van der Waals surface area contributed by atoms with Gasteiger partial charge < -0.3 is 5.11 Å². The Labute approximate surface area is 102 Å². The van der Waals surface area contributed by atoms with Gasteiger partial charge in [0, 0.05) is 5.02 Å². The van der Waals surface area contributed by atoms with E-state index < -0.39 is 17.7 Å². The molecule has 17 heavy (non-hydrogen) atoms. The Morgan fingerprint density at radius 3 is 2.29 bits per heavy atom. The molecule has 0 fully saturated rings. The maximum absolute atomic E-state index is 13.1. The summed E-state index contributed by atoms with van der Waals surface area (Å²) in [4.78, 5) is 0. The average molecular weight is 255 g/mol. The summed E-state index contributed by atoms with van der Waals surface area (Å²) in [6, 6.07) is 9.27. The first kappa shape index (κ1) is 12.0. The van der Waals surface area contributed by atoms with Crippen molar-refractivity contribution in [3.8, 4) is 0 Å². The predicted molar refractivity (Wildman–Crippen MR) is 61.9 cm³/mol. The quantitative estimate of drug-likeness (QED) is 0.866. The molecule has 0 aliphatic heterocycles. The third-order valence-corrected chi connectivity index (χ3v) is 2.58. The van der Waals surface area contributed by atoms with Crippen molar-refractivity contribution < 1.29 is 13.9 Å². The minimum absolute atomic E-state index is 0.190. The van der Waals surface area contributed by atoms with Crippen molar-refractivity contribution in [1.29, 1.82) is 0 Å². The summed E-state index contributed by atoms with van der Waals surface area (Å²) in [7, 11) is 0. The number of rotatable bonds is 2. The van der Waals surface area contributed by atoms with Gasteiger partial charge in [0.05, 0.1) is 0 Å². The monoisotopic (exact) mass is 254 g/mol. The first-order chi connectivity index (χ1) is 8.06. The standard InChI is InChI=1S/C13H9ClF2O/c14-10-4-9(6-12(16)7-10)13(17)8-2-1-3-11(15)5-8/h1-7,13,17H/t13-/m1/s1. The number of hydrogen-bond donors (Lipinski definition) is 1. The normalized spacial score (nSPS) is 12.5. The van der Waals surface area contributed by atoms with Crippen LogP contribution in [0.25, 0.3) is 0 Å². The minimum Gasteiger partial charge on any atom is -0.384 e. The molecule has 1 N–H and O–H groups in total. The fraction of sp³-hybridized carbons (Fsp3) is 0.0769. The van der Waals surface area contributed by atoms with Crippen molar-refractivity contribution in [2.45, 2.75) is 6.10 Å². The van der Waals surface area contributed by atoms with Gasteiger partial charge in [0.2, 0.25) is 0 Å². The molecule has 0 aliphatic carbocycles. The first-order valence-electron chi connectivity index (χ1n) is 4.96. The summed E-state index contributed by atoms with van der Waals surface area (Å²) in [6.45, 7) is 0. The highest BCUT2D eigenvalue weighted by Crippen LogP contribution is 2.25. The van der Waals surface area contributed by atoms with Crippen LogP contribution < -0.4 is 0 Å². The van der Waals surface area contributed by atoms with Crippen molar-refractivity contribution >= 4 is 11.6 Å². The van der Waals surface area contributed by atoms with E-state index in [-0.39, 0.29) is 5.02 Å². The largest absolute Gasteiger partial charge is 0.384 e. The van der Waals surface area contributed by atoms with Gasteiger partial charge in [-0.1, -0.05) is 23.7 Å². The van der Waals surface area contributed by atoms with Crippen LogP contribution in [0.4, 0.5) is 8.78 Å². The van der Waals surface area contributed by atoms with Crippen LogP contribution in [0.2, 0.25) is 5.02 Å². The molecule has 0 aliphatic rings. The van der Waals surface area contributed by atoms with Crippen LogP contribution in [0.3, 0.4) is 0 Å². The van der Waals surface area contributed by atoms with E-state index in [1.165, 1.54) is 30.3 Å². The van der Waals surface area contributed by atoms with Gasteiger partial charge in [-0.05, 0) is 41.5 Å². The summed E-state index contributed by atoms with van der Waals surface area (Å²) in [5, 5.41) is 10.2. The van der Waals surface area contributed by atoms with Gasteiger partial charge in [0.25, 0.3) is 0 Å². The van der Waals surface area contributed by atoms with Gasteiger partial charge in [0.15, 0.2) is 0 Å². The molecule has 0 amide bonds. The zero-order valence-electron chi connectivity index (χ0n) is 8.70. The lowest BCUT2D eigenvalue weighted by molar-refractivity contribution is 0.219. The Morgan fingerprint density at radius 1 is 0.941 bits per heavy atom. The number of hydrogen-bond acceptors (Lipinski definition) is 1. The van der Waals surface area contributed by atoms with Crippen molar-refractivity contribution in [3.05, 3.63) is 70.2 Å². The summed E-state index contributed by atoms with van der Waals surface area (Å²) in [6.07, 6.45) is -1.10. The van der Waals surface area contributed by atoms with E-state index >= 15 is 0 Å². The molecular formula is C13H9ClF2O. The van der Waals surface area contributed by atoms with E-state index in [1.54, 1.807) is 6.07 Å². The topological polar surface area (TPSA) is 20.2 Å². The molecule has 2 aromatic carbocycles.